The van der Waals surface area contributed by atoms with E-state index in [0.29, 0.717) is 48.2 Å². The Morgan fingerprint density at radius 3 is 2.36 bits per heavy atom. The molecule has 7 rings (SSSR count). The van der Waals surface area contributed by atoms with Crippen LogP contribution in [0.5, 0.6) is 11.5 Å². The summed E-state index contributed by atoms with van der Waals surface area (Å²) in [5, 5.41) is 13.0. The molecule has 194 valence electrons. The van der Waals surface area contributed by atoms with Gasteiger partial charge >= 0.3 is 5.97 Å². The monoisotopic (exact) mass is 498 g/mol. The summed E-state index contributed by atoms with van der Waals surface area (Å²) in [6, 6.07) is 4.26. The quantitative estimate of drug-likeness (QED) is 0.600. The number of nitrogens with one attached hydrogen (secondary N) is 1. The summed E-state index contributed by atoms with van der Waals surface area (Å²) >= 11 is 0. The van der Waals surface area contributed by atoms with Gasteiger partial charge in [-0.2, -0.15) is 0 Å². The summed E-state index contributed by atoms with van der Waals surface area (Å²) in [7, 11) is 0. The number of likely N-dealkylation sites (tertiary alicyclic amines) is 1. The summed E-state index contributed by atoms with van der Waals surface area (Å²) in [4.78, 5) is 40.8. The van der Waals surface area contributed by atoms with E-state index in [2.05, 4.69) is 5.32 Å². The highest BCUT2D eigenvalue weighted by Crippen LogP contribution is 2.60. The highest BCUT2D eigenvalue weighted by Gasteiger charge is 2.57. The first-order valence-electron chi connectivity index (χ1n) is 13.2. The van der Waals surface area contributed by atoms with Crippen molar-refractivity contribution in [3.05, 3.63) is 18.2 Å². The van der Waals surface area contributed by atoms with Gasteiger partial charge in [0.15, 0.2) is 18.1 Å². The molecule has 9 nitrogen and oxygen atoms in total. The lowest BCUT2D eigenvalue weighted by Gasteiger charge is -2.56. The lowest BCUT2D eigenvalue weighted by Crippen LogP contribution is -2.56. The van der Waals surface area contributed by atoms with E-state index in [0.717, 1.165) is 25.7 Å². The molecule has 1 aromatic carbocycles. The van der Waals surface area contributed by atoms with Crippen LogP contribution < -0.4 is 14.8 Å². The SMILES string of the molecule is O=C(COC(=O)[C@@H]1CC(O)CN1C(=O)C12CC3CC(CC(C3)C1)C2)Nc1ccc2c(c1)OCCCO2. The number of aliphatic hydroxyl groups excluding tert-OH is 1. The number of carbonyl (C=O) groups is 3. The van der Waals surface area contributed by atoms with Crippen molar-refractivity contribution in [3.63, 3.8) is 0 Å². The number of aliphatic hydroxyl groups is 1. The molecule has 4 bridgehead atoms. The molecule has 2 amide bonds. The second-order valence-electron chi connectivity index (χ2n) is 11.4. The number of amides is 2. The van der Waals surface area contributed by atoms with Gasteiger partial charge in [-0.15, -0.1) is 0 Å². The summed E-state index contributed by atoms with van der Waals surface area (Å²) in [6.45, 7) is 0.781. The fourth-order valence-electron chi connectivity index (χ4n) is 7.61. The van der Waals surface area contributed by atoms with Crippen molar-refractivity contribution in [3.8, 4) is 11.5 Å². The van der Waals surface area contributed by atoms with E-state index in [1.165, 1.54) is 19.3 Å². The van der Waals surface area contributed by atoms with E-state index in [1.54, 1.807) is 23.1 Å². The van der Waals surface area contributed by atoms with Gasteiger partial charge in [-0.1, -0.05) is 0 Å². The zero-order valence-electron chi connectivity index (χ0n) is 20.4. The third-order valence-corrected chi connectivity index (χ3v) is 8.68. The first kappa shape index (κ1) is 23.6. The van der Waals surface area contributed by atoms with Crippen LogP contribution in [-0.2, 0) is 19.1 Å². The largest absolute Gasteiger partial charge is 0.490 e. The van der Waals surface area contributed by atoms with Gasteiger partial charge in [0.25, 0.3) is 5.91 Å². The van der Waals surface area contributed by atoms with Crippen molar-refractivity contribution in [1.82, 2.24) is 4.90 Å². The predicted molar refractivity (Wildman–Crippen MR) is 128 cm³/mol. The predicted octanol–water partition coefficient (Wildman–Crippen LogP) is 2.51. The molecule has 36 heavy (non-hydrogen) atoms. The van der Waals surface area contributed by atoms with Crippen molar-refractivity contribution in [1.29, 1.82) is 0 Å². The fourth-order valence-corrected chi connectivity index (χ4v) is 7.61. The molecule has 0 spiro atoms. The maximum Gasteiger partial charge on any atom is 0.329 e. The molecule has 0 radical (unpaired) electrons. The highest BCUT2D eigenvalue weighted by atomic mass is 16.5. The lowest BCUT2D eigenvalue weighted by atomic mass is 9.49. The van der Waals surface area contributed by atoms with Gasteiger partial charge in [0, 0.05) is 31.1 Å². The van der Waals surface area contributed by atoms with Gasteiger partial charge in [0.1, 0.15) is 6.04 Å². The van der Waals surface area contributed by atoms with Crippen molar-refractivity contribution in [2.45, 2.75) is 63.5 Å². The van der Waals surface area contributed by atoms with E-state index >= 15 is 0 Å². The number of carbonyl (C=O) groups excluding carboxylic acids is 3. The Bertz CT molecular complexity index is 1020. The molecular formula is C27H34N2O7. The number of β-amino-alcohol motifs (C(OH)–C–C–N with tert-alkyl or cyclic N) is 1. The molecule has 2 heterocycles. The number of fused-ring (bicyclic) bond motifs is 1. The van der Waals surface area contributed by atoms with Crippen LogP contribution in [0.1, 0.15) is 51.4 Å². The Labute approximate surface area is 210 Å². The molecule has 5 fully saturated rings. The Kier molecular flexibility index (Phi) is 6.06. The minimum absolute atomic E-state index is 0.00301. The van der Waals surface area contributed by atoms with Crippen LogP contribution in [-0.4, -0.2) is 66.3 Å². The number of anilines is 1. The minimum atomic E-state index is -0.855. The van der Waals surface area contributed by atoms with Crippen molar-refractivity contribution in [2.24, 2.45) is 23.2 Å². The number of nitrogens with zero attached hydrogens (tertiary/aromatic N) is 1. The van der Waals surface area contributed by atoms with Gasteiger partial charge in [-0.05, 0) is 68.4 Å². The van der Waals surface area contributed by atoms with Crippen LogP contribution in [0.15, 0.2) is 18.2 Å². The smallest absolute Gasteiger partial charge is 0.329 e. The topological polar surface area (TPSA) is 114 Å². The molecule has 9 heteroatoms. The Morgan fingerprint density at radius 1 is 1.00 bits per heavy atom. The average Bonchev–Trinajstić information content (AvgIpc) is 3.08. The van der Waals surface area contributed by atoms with Crippen LogP contribution >= 0.6 is 0 Å². The average molecular weight is 499 g/mol. The highest BCUT2D eigenvalue weighted by molar-refractivity contribution is 5.94. The number of hydrogen-bond acceptors (Lipinski definition) is 7. The second kappa shape index (κ2) is 9.25. The Hall–Kier alpha value is -2.81. The van der Waals surface area contributed by atoms with Gasteiger partial charge in [-0.25, -0.2) is 4.79 Å². The molecule has 2 aliphatic heterocycles. The van der Waals surface area contributed by atoms with Gasteiger partial charge in [-0.3, -0.25) is 9.59 Å². The number of esters is 1. The first-order valence-corrected chi connectivity index (χ1v) is 13.2. The van der Waals surface area contributed by atoms with Crippen LogP contribution in [0.4, 0.5) is 5.69 Å². The van der Waals surface area contributed by atoms with Gasteiger partial charge in [0.05, 0.1) is 24.7 Å². The zero-order valence-corrected chi connectivity index (χ0v) is 20.4. The van der Waals surface area contributed by atoms with Gasteiger partial charge in [0.2, 0.25) is 5.91 Å². The van der Waals surface area contributed by atoms with Crippen molar-refractivity contribution < 1.29 is 33.7 Å². The molecule has 1 unspecified atom stereocenters. The Balaban J connectivity index is 1.07. The molecule has 4 saturated carbocycles. The maximum atomic E-state index is 13.8. The second-order valence-corrected chi connectivity index (χ2v) is 11.4. The summed E-state index contributed by atoms with van der Waals surface area (Å²) in [5.41, 5.74) is 0.112. The van der Waals surface area contributed by atoms with Crippen LogP contribution in [0, 0.1) is 23.2 Å². The number of hydrogen-bond donors (Lipinski definition) is 2. The lowest BCUT2D eigenvalue weighted by molar-refractivity contribution is -0.166. The molecule has 1 aromatic rings. The van der Waals surface area contributed by atoms with Crippen molar-refractivity contribution in [2.75, 3.05) is 31.7 Å². The minimum Gasteiger partial charge on any atom is -0.490 e. The van der Waals surface area contributed by atoms with Crippen molar-refractivity contribution >= 4 is 23.5 Å². The summed E-state index contributed by atoms with van der Waals surface area (Å²) in [5.74, 6) is 1.86. The van der Waals surface area contributed by atoms with Crippen LogP contribution in [0.3, 0.4) is 0 Å². The number of benzene rings is 1. The number of rotatable bonds is 5. The summed E-state index contributed by atoms with van der Waals surface area (Å²) < 4.78 is 16.6. The third-order valence-electron chi connectivity index (χ3n) is 8.68. The molecule has 2 N–H and O–H groups in total. The number of ether oxygens (including phenoxy) is 3. The van der Waals surface area contributed by atoms with Crippen LogP contribution in [0.25, 0.3) is 0 Å². The zero-order chi connectivity index (χ0) is 24.9. The van der Waals surface area contributed by atoms with E-state index in [9.17, 15) is 19.5 Å². The molecule has 6 aliphatic rings. The van der Waals surface area contributed by atoms with E-state index in [4.69, 9.17) is 14.2 Å². The normalized spacial score (nSPS) is 34.2. The third kappa shape index (κ3) is 4.42. The maximum absolute atomic E-state index is 13.8. The molecular weight excluding hydrogens is 464 g/mol. The first-order chi connectivity index (χ1) is 17.4. The Morgan fingerprint density at radius 2 is 1.67 bits per heavy atom. The van der Waals surface area contributed by atoms with Gasteiger partial charge < -0.3 is 29.5 Å². The van der Waals surface area contributed by atoms with E-state index in [-0.39, 0.29) is 18.9 Å². The molecule has 2 atom stereocenters. The molecule has 0 aromatic heterocycles. The molecule has 4 aliphatic carbocycles. The summed E-state index contributed by atoms with van der Waals surface area (Å²) in [6.07, 6.45) is 6.50. The van der Waals surface area contributed by atoms with E-state index in [1.807, 2.05) is 0 Å². The van der Waals surface area contributed by atoms with E-state index < -0.39 is 36.0 Å². The fraction of sp³-hybridized carbons (Fsp3) is 0.667. The standard InChI is InChI=1S/C27H34N2O7/c30-20-10-21(29(14-20)26(33)27-11-16-6-17(12-27)8-18(7-16)13-27)25(32)36-15-24(31)28-19-2-3-22-23(9-19)35-5-1-4-34-22/h2-3,9,16-18,20-21,30H,1,4-8,10-15H2,(H,28,31)/t16?,17?,18?,20?,21-,27?/m0/s1. The molecule has 1 saturated heterocycles. The van der Waals surface area contributed by atoms with Crippen LogP contribution in [0.2, 0.25) is 0 Å².